The van der Waals surface area contributed by atoms with E-state index in [0.717, 1.165) is 23.0 Å². The maximum Gasteiger partial charge on any atom is 0.338 e. The molecule has 0 aromatic heterocycles. The van der Waals surface area contributed by atoms with Crippen molar-refractivity contribution in [3.8, 4) is 0 Å². The Morgan fingerprint density at radius 2 is 1.60 bits per heavy atom. The molecule has 0 unspecified atom stereocenters. The van der Waals surface area contributed by atoms with Crippen molar-refractivity contribution in [3.63, 3.8) is 0 Å². The molecule has 30 heavy (non-hydrogen) atoms. The van der Waals surface area contributed by atoms with Gasteiger partial charge in [0.15, 0.2) is 6.61 Å². The van der Waals surface area contributed by atoms with Crippen molar-refractivity contribution in [1.82, 2.24) is 5.32 Å². The summed E-state index contributed by atoms with van der Waals surface area (Å²) in [5.74, 6) is 1.53. The van der Waals surface area contributed by atoms with E-state index in [-0.39, 0.29) is 29.4 Å². The van der Waals surface area contributed by atoms with Crippen molar-refractivity contribution < 1.29 is 14.3 Å². The number of nitrogens with one attached hydrogen (secondary N) is 1. The van der Waals surface area contributed by atoms with Crippen LogP contribution in [0.4, 0.5) is 0 Å². The summed E-state index contributed by atoms with van der Waals surface area (Å²) < 4.78 is 5.40. The van der Waals surface area contributed by atoms with Gasteiger partial charge in [-0.2, -0.15) is 0 Å². The first-order valence-electron chi connectivity index (χ1n) is 11.5. The summed E-state index contributed by atoms with van der Waals surface area (Å²) in [7, 11) is 0. The van der Waals surface area contributed by atoms with Gasteiger partial charge in [-0.25, -0.2) is 4.79 Å². The number of esters is 1. The van der Waals surface area contributed by atoms with Gasteiger partial charge < -0.3 is 10.1 Å². The highest BCUT2D eigenvalue weighted by molar-refractivity contribution is 5.92. The molecule has 1 aromatic carbocycles. The van der Waals surface area contributed by atoms with Crippen molar-refractivity contribution in [3.05, 3.63) is 34.9 Å². The minimum absolute atomic E-state index is 0.0796. The van der Waals surface area contributed by atoms with Gasteiger partial charge in [0.05, 0.1) is 5.56 Å². The van der Waals surface area contributed by atoms with Gasteiger partial charge in [-0.1, -0.05) is 54.0 Å². The average Bonchev–Trinajstić information content (AvgIpc) is 3.27. The highest BCUT2D eigenvalue weighted by atomic mass is 16.5. The van der Waals surface area contributed by atoms with E-state index >= 15 is 0 Å². The third-order valence-corrected chi connectivity index (χ3v) is 7.06. The van der Waals surface area contributed by atoms with E-state index in [9.17, 15) is 9.59 Å². The summed E-state index contributed by atoms with van der Waals surface area (Å²) in [5, 5.41) is 3.07. The van der Waals surface area contributed by atoms with E-state index in [0.29, 0.717) is 11.5 Å². The Hall–Kier alpha value is -1.84. The third-order valence-electron chi connectivity index (χ3n) is 7.06. The van der Waals surface area contributed by atoms with Gasteiger partial charge in [-0.3, -0.25) is 4.79 Å². The van der Waals surface area contributed by atoms with Gasteiger partial charge in [-0.05, 0) is 78.0 Å². The molecule has 1 aromatic rings. The lowest BCUT2D eigenvalue weighted by Crippen LogP contribution is -2.42. The highest BCUT2D eigenvalue weighted by Gasteiger charge is 2.42. The smallest absolute Gasteiger partial charge is 0.338 e. The summed E-state index contributed by atoms with van der Waals surface area (Å²) in [5.41, 5.74) is 2.54. The topological polar surface area (TPSA) is 55.4 Å². The molecule has 2 fully saturated rings. The second kappa shape index (κ2) is 8.36. The fraction of sp³-hybridized carbons (Fsp3) is 0.692. The van der Waals surface area contributed by atoms with Crippen LogP contribution in [0, 0.1) is 17.8 Å². The summed E-state index contributed by atoms with van der Waals surface area (Å²) in [6.45, 7) is 14.7. The first kappa shape index (κ1) is 22.8. The van der Waals surface area contributed by atoms with Gasteiger partial charge in [0.2, 0.25) is 0 Å². The molecular weight excluding hydrogens is 374 g/mol. The van der Waals surface area contributed by atoms with Crippen LogP contribution in [0.25, 0.3) is 0 Å². The van der Waals surface area contributed by atoms with Crippen LogP contribution in [0.1, 0.15) is 95.6 Å². The molecule has 0 saturated heterocycles. The molecule has 0 radical (unpaired) electrons. The summed E-state index contributed by atoms with van der Waals surface area (Å²) in [6, 6.07) is 6.10. The number of carbonyl (C=O) groups excluding carboxylic acids is 2. The fourth-order valence-electron chi connectivity index (χ4n) is 5.13. The van der Waals surface area contributed by atoms with Crippen LogP contribution in [0.15, 0.2) is 18.2 Å². The van der Waals surface area contributed by atoms with Crippen molar-refractivity contribution in [1.29, 1.82) is 0 Å². The second-order valence-electron chi connectivity index (χ2n) is 11.6. The Balaban J connectivity index is 1.62. The molecule has 1 amide bonds. The first-order valence-corrected chi connectivity index (χ1v) is 11.5. The fourth-order valence-corrected chi connectivity index (χ4v) is 5.13. The van der Waals surface area contributed by atoms with Crippen LogP contribution in [0.5, 0.6) is 0 Å². The Kier molecular flexibility index (Phi) is 6.36. The lowest BCUT2D eigenvalue weighted by molar-refractivity contribution is -0.125. The van der Waals surface area contributed by atoms with E-state index < -0.39 is 5.97 Å². The average molecular weight is 414 g/mol. The second-order valence-corrected chi connectivity index (χ2v) is 11.6. The first-order chi connectivity index (χ1) is 13.8. The van der Waals surface area contributed by atoms with E-state index in [1.807, 2.05) is 12.1 Å². The Labute approximate surface area is 182 Å². The zero-order chi connectivity index (χ0) is 22.3. The van der Waals surface area contributed by atoms with Gasteiger partial charge in [0, 0.05) is 6.04 Å². The zero-order valence-electron chi connectivity index (χ0n) is 19.8. The number of carbonyl (C=O) groups is 2. The number of benzene rings is 1. The number of ether oxygens (including phenoxy) is 1. The minimum Gasteiger partial charge on any atom is -0.452 e. The Morgan fingerprint density at radius 1 is 1.00 bits per heavy atom. The molecule has 4 nitrogen and oxygen atoms in total. The Morgan fingerprint density at radius 3 is 2.07 bits per heavy atom. The van der Waals surface area contributed by atoms with E-state index in [1.165, 1.54) is 25.7 Å². The van der Waals surface area contributed by atoms with Crippen LogP contribution < -0.4 is 5.32 Å². The largest absolute Gasteiger partial charge is 0.452 e. The van der Waals surface area contributed by atoms with Gasteiger partial charge in [0.1, 0.15) is 0 Å². The quantitative estimate of drug-likeness (QED) is 0.660. The number of rotatable bonds is 5. The number of fused-ring (bicyclic) bond motifs is 2. The van der Waals surface area contributed by atoms with E-state index in [4.69, 9.17) is 4.74 Å². The molecule has 0 spiro atoms. The molecule has 4 heteroatoms. The van der Waals surface area contributed by atoms with Crippen molar-refractivity contribution in [2.45, 2.75) is 91.0 Å². The Bertz CT molecular complexity index is 767. The minimum atomic E-state index is -0.436. The molecule has 4 atom stereocenters. The van der Waals surface area contributed by atoms with E-state index in [1.54, 1.807) is 0 Å². The molecule has 166 valence electrons. The van der Waals surface area contributed by atoms with Crippen molar-refractivity contribution in [2.24, 2.45) is 17.8 Å². The maximum absolute atomic E-state index is 12.8. The summed E-state index contributed by atoms with van der Waals surface area (Å²) >= 11 is 0. The summed E-state index contributed by atoms with van der Waals surface area (Å²) in [6.07, 6.45) is 5.19. The molecular formula is C26H39NO3. The van der Waals surface area contributed by atoms with Crippen LogP contribution in [-0.2, 0) is 20.4 Å². The lowest BCUT2D eigenvalue weighted by Gasteiger charge is -2.28. The number of hydrogen-bond acceptors (Lipinski definition) is 3. The van der Waals surface area contributed by atoms with Gasteiger partial charge in [0.25, 0.3) is 5.91 Å². The molecule has 3 rings (SSSR count). The summed E-state index contributed by atoms with van der Waals surface area (Å²) in [4.78, 5) is 25.2. The predicted molar refractivity (Wildman–Crippen MR) is 121 cm³/mol. The highest BCUT2D eigenvalue weighted by Crippen LogP contribution is 2.49. The molecule has 2 aliphatic carbocycles. The maximum atomic E-state index is 12.8. The van der Waals surface area contributed by atoms with Crippen molar-refractivity contribution in [2.75, 3.05) is 6.61 Å². The van der Waals surface area contributed by atoms with Crippen LogP contribution >= 0.6 is 0 Å². The molecule has 1 N–H and O–H groups in total. The SMILES string of the molecule is C[C@@H](NC(=O)COC(=O)c1cc(C(C)(C)C)cc(C(C)(C)C)c1)[C@@H]1C[C@H]2CC[C@H]1C2. The normalized spacial score (nSPS) is 24.6. The molecule has 2 bridgehead atoms. The number of amides is 1. The number of hydrogen-bond donors (Lipinski definition) is 1. The lowest BCUT2D eigenvalue weighted by atomic mass is 9.79. The van der Waals surface area contributed by atoms with Crippen LogP contribution in [-0.4, -0.2) is 24.5 Å². The van der Waals surface area contributed by atoms with Gasteiger partial charge >= 0.3 is 5.97 Å². The van der Waals surface area contributed by atoms with E-state index in [2.05, 4.69) is 59.8 Å². The van der Waals surface area contributed by atoms with Crippen molar-refractivity contribution >= 4 is 11.9 Å². The third kappa shape index (κ3) is 5.25. The molecule has 2 saturated carbocycles. The van der Waals surface area contributed by atoms with Gasteiger partial charge in [-0.15, -0.1) is 0 Å². The molecule has 0 aliphatic heterocycles. The molecule has 2 aliphatic rings. The van der Waals surface area contributed by atoms with Crippen LogP contribution in [0.3, 0.4) is 0 Å². The molecule has 0 heterocycles. The monoisotopic (exact) mass is 413 g/mol. The zero-order valence-corrected chi connectivity index (χ0v) is 19.8. The predicted octanol–water partition coefficient (Wildman–Crippen LogP) is 5.38. The standard InChI is InChI=1S/C26H39NO3/c1-16(22-11-17-8-9-18(22)10-17)27-23(28)15-30-24(29)19-12-20(25(2,3)4)14-21(13-19)26(5,6)7/h12-14,16-18,22H,8-11,15H2,1-7H3,(H,27,28)/t16-,17+,18+,22+/m1/s1. The van der Waals surface area contributed by atoms with Crippen LogP contribution in [0.2, 0.25) is 0 Å².